The van der Waals surface area contributed by atoms with E-state index in [9.17, 15) is 0 Å². The van der Waals surface area contributed by atoms with Gasteiger partial charge in [-0.15, -0.1) is 0 Å². The molecule has 4 heteroatoms. The zero-order valence-electron chi connectivity index (χ0n) is 11.7. The Morgan fingerprint density at radius 1 is 1.24 bits per heavy atom. The second-order valence-electron chi connectivity index (χ2n) is 4.48. The van der Waals surface area contributed by atoms with Crippen molar-refractivity contribution in [1.82, 2.24) is 4.90 Å². The molecule has 0 unspecified atom stereocenters. The van der Waals surface area contributed by atoms with E-state index in [1.165, 1.54) is 12.8 Å². The molecule has 0 aliphatic rings. The van der Waals surface area contributed by atoms with Gasteiger partial charge in [0.2, 0.25) is 0 Å². The largest absolute Gasteiger partial charge is 0.388 e. The van der Waals surface area contributed by atoms with E-state index in [0.717, 1.165) is 39.0 Å². The molecule has 0 atom stereocenters. The fourth-order valence-electron chi connectivity index (χ4n) is 2.12. The number of hydrogen-bond acceptors (Lipinski definition) is 3. The molecule has 3 N–H and O–H groups in total. The lowest BCUT2D eigenvalue weighted by atomic mass is 10.1. The van der Waals surface area contributed by atoms with Crippen LogP contribution in [0.3, 0.4) is 0 Å². The molecule has 102 valence electrons. The monoisotopic (exact) mass is 243 g/mol. The summed E-state index contributed by atoms with van der Waals surface area (Å²) in [6, 6.07) is 0.655. The van der Waals surface area contributed by atoms with Crippen LogP contribution in [0.15, 0.2) is 0 Å². The van der Waals surface area contributed by atoms with Crippen molar-refractivity contribution in [3.8, 4) is 0 Å². The van der Waals surface area contributed by atoms with Gasteiger partial charge in [-0.05, 0) is 32.2 Å². The van der Waals surface area contributed by atoms with Gasteiger partial charge in [-0.3, -0.25) is 10.3 Å². The molecular weight excluding hydrogens is 214 g/mol. The third-order valence-corrected chi connectivity index (χ3v) is 3.18. The molecule has 0 aromatic heterocycles. The minimum absolute atomic E-state index is 0.302. The molecule has 0 aromatic rings. The van der Waals surface area contributed by atoms with Gasteiger partial charge in [0.25, 0.3) is 0 Å². The van der Waals surface area contributed by atoms with Gasteiger partial charge >= 0.3 is 0 Å². The van der Waals surface area contributed by atoms with Crippen LogP contribution in [0.5, 0.6) is 0 Å². The molecule has 0 aliphatic heterocycles. The summed E-state index contributed by atoms with van der Waals surface area (Å²) in [5, 5.41) is 7.19. The summed E-state index contributed by atoms with van der Waals surface area (Å²) >= 11 is 0. The van der Waals surface area contributed by atoms with Crippen molar-refractivity contribution in [3.05, 3.63) is 0 Å². The van der Waals surface area contributed by atoms with Crippen molar-refractivity contribution >= 4 is 5.84 Å². The standard InChI is InChI=1S/C13H29N3O/c1-4-12(5-2)16(10-11-17-3)9-7-6-8-13(14)15/h12H,4-11H2,1-3H3,(H3,14,15). The third kappa shape index (κ3) is 8.16. The highest BCUT2D eigenvalue weighted by Gasteiger charge is 2.13. The minimum Gasteiger partial charge on any atom is -0.388 e. The molecule has 0 fully saturated rings. The van der Waals surface area contributed by atoms with Crippen LogP contribution < -0.4 is 5.73 Å². The Morgan fingerprint density at radius 2 is 1.88 bits per heavy atom. The van der Waals surface area contributed by atoms with Crippen LogP contribution >= 0.6 is 0 Å². The first kappa shape index (κ1) is 16.4. The molecule has 0 rings (SSSR count). The molecule has 0 aromatic carbocycles. The maximum atomic E-state index is 7.19. The van der Waals surface area contributed by atoms with E-state index in [-0.39, 0.29) is 0 Å². The van der Waals surface area contributed by atoms with E-state index in [1.54, 1.807) is 7.11 Å². The summed E-state index contributed by atoms with van der Waals surface area (Å²) in [6.07, 6.45) is 5.22. The number of ether oxygens (including phenoxy) is 1. The minimum atomic E-state index is 0.302. The topological polar surface area (TPSA) is 62.3 Å². The maximum Gasteiger partial charge on any atom is 0.0905 e. The first-order valence-electron chi connectivity index (χ1n) is 6.71. The molecule has 0 saturated carbocycles. The molecule has 17 heavy (non-hydrogen) atoms. The van der Waals surface area contributed by atoms with Crippen molar-refractivity contribution in [2.45, 2.75) is 52.0 Å². The SMILES string of the molecule is CCC(CC)N(CCCCC(=N)N)CCOC. The highest BCUT2D eigenvalue weighted by molar-refractivity contribution is 5.76. The zero-order chi connectivity index (χ0) is 13.1. The highest BCUT2D eigenvalue weighted by atomic mass is 16.5. The fraction of sp³-hybridized carbons (Fsp3) is 0.923. The molecule has 0 spiro atoms. The summed E-state index contributed by atoms with van der Waals surface area (Å²) in [4.78, 5) is 2.50. The van der Waals surface area contributed by atoms with Crippen molar-refractivity contribution in [2.24, 2.45) is 5.73 Å². The Balaban J connectivity index is 3.95. The van der Waals surface area contributed by atoms with Crippen LogP contribution in [-0.2, 0) is 4.74 Å². The van der Waals surface area contributed by atoms with Gasteiger partial charge in [0.15, 0.2) is 0 Å². The molecule has 4 nitrogen and oxygen atoms in total. The van der Waals surface area contributed by atoms with Crippen molar-refractivity contribution in [1.29, 1.82) is 5.41 Å². The lowest BCUT2D eigenvalue weighted by molar-refractivity contribution is 0.114. The Kier molecular flexibility index (Phi) is 10.2. The molecule has 0 bridgehead atoms. The van der Waals surface area contributed by atoms with Crippen LogP contribution in [0.4, 0.5) is 0 Å². The molecular formula is C13H29N3O. The smallest absolute Gasteiger partial charge is 0.0905 e. The van der Waals surface area contributed by atoms with Crippen LogP contribution in [-0.4, -0.2) is 43.6 Å². The van der Waals surface area contributed by atoms with E-state index in [1.807, 2.05) is 0 Å². The second kappa shape index (κ2) is 10.5. The summed E-state index contributed by atoms with van der Waals surface area (Å²) in [5.41, 5.74) is 5.35. The number of hydrogen-bond donors (Lipinski definition) is 2. The van der Waals surface area contributed by atoms with Gasteiger partial charge in [0, 0.05) is 26.1 Å². The zero-order valence-corrected chi connectivity index (χ0v) is 11.7. The van der Waals surface area contributed by atoms with Gasteiger partial charge in [-0.1, -0.05) is 13.8 Å². The van der Waals surface area contributed by atoms with Crippen molar-refractivity contribution in [3.63, 3.8) is 0 Å². The average Bonchev–Trinajstić information content (AvgIpc) is 2.31. The first-order valence-corrected chi connectivity index (χ1v) is 6.71. The maximum absolute atomic E-state index is 7.19. The number of amidine groups is 1. The third-order valence-electron chi connectivity index (χ3n) is 3.18. The number of methoxy groups -OCH3 is 1. The Labute approximate surface area is 106 Å². The fourth-order valence-corrected chi connectivity index (χ4v) is 2.12. The van der Waals surface area contributed by atoms with E-state index < -0.39 is 0 Å². The quantitative estimate of drug-likeness (QED) is 0.332. The summed E-state index contributed by atoms with van der Waals surface area (Å²) < 4.78 is 5.16. The number of rotatable bonds is 11. The van der Waals surface area contributed by atoms with Gasteiger partial charge in [-0.25, -0.2) is 0 Å². The van der Waals surface area contributed by atoms with E-state index in [2.05, 4.69) is 18.7 Å². The summed E-state index contributed by atoms with van der Waals surface area (Å²) in [5.74, 6) is 0.302. The van der Waals surface area contributed by atoms with Gasteiger partial charge in [0.05, 0.1) is 12.4 Å². The van der Waals surface area contributed by atoms with Crippen LogP contribution in [0.2, 0.25) is 0 Å². The summed E-state index contributed by atoms with van der Waals surface area (Å²) in [6.45, 7) is 7.36. The van der Waals surface area contributed by atoms with Crippen LogP contribution in [0.1, 0.15) is 46.0 Å². The molecule has 0 amide bonds. The Morgan fingerprint density at radius 3 is 2.35 bits per heavy atom. The molecule has 0 radical (unpaired) electrons. The molecule has 0 aliphatic carbocycles. The lowest BCUT2D eigenvalue weighted by Gasteiger charge is -2.30. The van der Waals surface area contributed by atoms with Gasteiger partial charge in [-0.2, -0.15) is 0 Å². The van der Waals surface area contributed by atoms with Crippen molar-refractivity contribution in [2.75, 3.05) is 26.8 Å². The van der Waals surface area contributed by atoms with Gasteiger partial charge < -0.3 is 10.5 Å². The van der Waals surface area contributed by atoms with E-state index >= 15 is 0 Å². The number of nitrogens with one attached hydrogen (secondary N) is 1. The number of unbranched alkanes of at least 4 members (excludes halogenated alkanes) is 1. The first-order chi connectivity index (χ1) is 8.15. The van der Waals surface area contributed by atoms with E-state index in [0.29, 0.717) is 11.9 Å². The molecule has 0 saturated heterocycles. The molecule has 0 heterocycles. The van der Waals surface area contributed by atoms with Gasteiger partial charge in [0.1, 0.15) is 0 Å². The Hall–Kier alpha value is -0.610. The predicted molar refractivity (Wildman–Crippen MR) is 73.6 cm³/mol. The predicted octanol–water partition coefficient (Wildman–Crippen LogP) is 2.23. The normalized spacial score (nSPS) is 11.4. The average molecular weight is 243 g/mol. The second-order valence-corrected chi connectivity index (χ2v) is 4.48. The van der Waals surface area contributed by atoms with Crippen molar-refractivity contribution < 1.29 is 4.74 Å². The highest BCUT2D eigenvalue weighted by Crippen LogP contribution is 2.10. The number of nitrogens with two attached hydrogens (primary N) is 1. The van der Waals surface area contributed by atoms with E-state index in [4.69, 9.17) is 15.9 Å². The van der Waals surface area contributed by atoms with Crippen LogP contribution in [0.25, 0.3) is 0 Å². The number of nitrogens with zero attached hydrogens (tertiary/aromatic N) is 1. The Bertz CT molecular complexity index is 193. The van der Waals surface area contributed by atoms with Crippen LogP contribution in [0, 0.1) is 5.41 Å². The summed E-state index contributed by atoms with van der Waals surface area (Å²) in [7, 11) is 1.75. The lowest BCUT2D eigenvalue weighted by Crippen LogP contribution is -2.37.